The maximum atomic E-state index is 12.5. The Morgan fingerprint density at radius 1 is 1.00 bits per heavy atom. The minimum atomic E-state index is -3.47. The van der Waals surface area contributed by atoms with Gasteiger partial charge in [-0.2, -0.15) is 4.31 Å². The lowest BCUT2D eigenvalue weighted by Crippen LogP contribution is -2.27. The van der Waals surface area contributed by atoms with E-state index in [9.17, 15) is 18.0 Å². The largest absolute Gasteiger partial charge is 0.484 e. The molecule has 3 rings (SSSR count). The second kappa shape index (κ2) is 9.06. The van der Waals surface area contributed by atoms with Crippen molar-refractivity contribution in [2.75, 3.05) is 30.3 Å². The van der Waals surface area contributed by atoms with Crippen LogP contribution in [0.3, 0.4) is 0 Å². The fourth-order valence-electron chi connectivity index (χ4n) is 3.01. The van der Waals surface area contributed by atoms with E-state index in [4.69, 9.17) is 4.74 Å². The van der Waals surface area contributed by atoms with E-state index >= 15 is 0 Å². The maximum Gasteiger partial charge on any atom is 0.262 e. The Kier molecular flexibility index (Phi) is 6.50. The van der Waals surface area contributed by atoms with Gasteiger partial charge in [0.05, 0.1) is 4.90 Å². The highest BCUT2D eigenvalue weighted by Gasteiger charge is 2.26. The second-order valence-electron chi connectivity index (χ2n) is 6.68. The van der Waals surface area contributed by atoms with Crippen LogP contribution in [0.2, 0.25) is 0 Å². The van der Waals surface area contributed by atoms with Gasteiger partial charge in [0.2, 0.25) is 15.9 Å². The van der Waals surface area contributed by atoms with Gasteiger partial charge in [-0.1, -0.05) is 6.07 Å². The van der Waals surface area contributed by atoms with Gasteiger partial charge >= 0.3 is 0 Å². The number of benzene rings is 2. The first-order chi connectivity index (χ1) is 13.8. The molecule has 1 heterocycles. The number of hydrogen-bond acceptors (Lipinski definition) is 5. The number of ether oxygens (including phenoxy) is 1. The second-order valence-corrected chi connectivity index (χ2v) is 8.62. The van der Waals surface area contributed by atoms with Gasteiger partial charge < -0.3 is 15.4 Å². The average Bonchev–Trinajstić information content (AvgIpc) is 3.22. The monoisotopic (exact) mass is 417 g/mol. The van der Waals surface area contributed by atoms with Gasteiger partial charge in [-0.25, -0.2) is 8.42 Å². The third-order valence-electron chi connectivity index (χ3n) is 4.36. The van der Waals surface area contributed by atoms with Crippen LogP contribution in [-0.4, -0.2) is 44.2 Å². The van der Waals surface area contributed by atoms with E-state index in [1.807, 2.05) is 0 Å². The number of rotatable bonds is 7. The van der Waals surface area contributed by atoms with Crippen molar-refractivity contribution in [3.05, 3.63) is 48.5 Å². The molecule has 2 amide bonds. The van der Waals surface area contributed by atoms with Crippen LogP contribution in [0.15, 0.2) is 53.4 Å². The highest BCUT2D eigenvalue weighted by atomic mass is 32.2. The molecule has 0 unspecified atom stereocenters. The Labute approximate surface area is 169 Å². The number of carbonyl (C=O) groups is 2. The van der Waals surface area contributed by atoms with Gasteiger partial charge in [0, 0.05) is 31.4 Å². The molecule has 0 bridgehead atoms. The highest BCUT2D eigenvalue weighted by molar-refractivity contribution is 7.89. The van der Waals surface area contributed by atoms with Gasteiger partial charge in [0.25, 0.3) is 5.91 Å². The number of amides is 2. The lowest BCUT2D eigenvalue weighted by Gasteiger charge is -2.15. The van der Waals surface area contributed by atoms with Crippen molar-refractivity contribution >= 4 is 33.2 Å². The fraction of sp³-hybridized carbons (Fsp3) is 0.300. The zero-order valence-corrected chi connectivity index (χ0v) is 16.9. The van der Waals surface area contributed by atoms with Crippen LogP contribution < -0.4 is 15.4 Å². The lowest BCUT2D eigenvalue weighted by molar-refractivity contribution is -0.118. The summed E-state index contributed by atoms with van der Waals surface area (Å²) in [4.78, 5) is 23.4. The smallest absolute Gasteiger partial charge is 0.262 e. The molecule has 0 spiro atoms. The van der Waals surface area contributed by atoms with Crippen molar-refractivity contribution in [2.45, 2.75) is 24.7 Å². The molecule has 0 aliphatic carbocycles. The molecule has 9 heteroatoms. The predicted octanol–water partition coefficient (Wildman–Crippen LogP) is 2.45. The molecule has 2 N–H and O–H groups in total. The maximum absolute atomic E-state index is 12.5. The number of carbonyl (C=O) groups excluding carboxylic acids is 2. The zero-order chi connectivity index (χ0) is 20.9. The van der Waals surface area contributed by atoms with Crippen molar-refractivity contribution in [3.63, 3.8) is 0 Å². The number of nitrogens with zero attached hydrogens (tertiary/aromatic N) is 1. The first-order valence-corrected chi connectivity index (χ1v) is 10.7. The molecule has 154 valence electrons. The molecule has 2 aromatic rings. The standard InChI is InChI=1S/C20H23N3O5S/c1-15(24)21-16-5-4-6-17(13-16)22-20(25)14-28-18-7-9-19(10-8-18)29(26,27)23-11-2-3-12-23/h4-10,13H,2-3,11-12,14H2,1H3,(H,21,24)(H,22,25). The summed E-state index contributed by atoms with van der Waals surface area (Å²) in [7, 11) is -3.47. The van der Waals surface area contributed by atoms with Gasteiger partial charge in [-0.3, -0.25) is 9.59 Å². The third-order valence-corrected chi connectivity index (χ3v) is 6.28. The van der Waals surface area contributed by atoms with Crippen molar-refractivity contribution < 1.29 is 22.7 Å². The summed E-state index contributed by atoms with van der Waals surface area (Å²) < 4.78 is 31.9. The molecule has 0 atom stereocenters. The molecule has 2 aromatic carbocycles. The lowest BCUT2D eigenvalue weighted by atomic mass is 10.2. The van der Waals surface area contributed by atoms with Gasteiger partial charge in [-0.05, 0) is 55.3 Å². The minimum Gasteiger partial charge on any atom is -0.484 e. The van der Waals surface area contributed by atoms with E-state index in [1.54, 1.807) is 24.3 Å². The Morgan fingerprint density at radius 2 is 1.62 bits per heavy atom. The van der Waals surface area contributed by atoms with Crippen LogP contribution in [0.25, 0.3) is 0 Å². The van der Waals surface area contributed by atoms with E-state index < -0.39 is 10.0 Å². The first-order valence-electron chi connectivity index (χ1n) is 9.25. The normalized spacial score (nSPS) is 14.4. The molecule has 29 heavy (non-hydrogen) atoms. The Morgan fingerprint density at radius 3 is 2.24 bits per heavy atom. The van der Waals surface area contributed by atoms with Gasteiger partial charge in [0.1, 0.15) is 5.75 Å². The van der Waals surface area contributed by atoms with Crippen molar-refractivity contribution in [2.24, 2.45) is 0 Å². The summed E-state index contributed by atoms with van der Waals surface area (Å²) >= 11 is 0. The summed E-state index contributed by atoms with van der Waals surface area (Å²) in [5, 5.41) is 5.32. The number of hydrogen-bond donors (Lipinski definition) is 2. The van der Waals surface area contributed by atoms with E-state index in [1.165, 1.54) is 35.5 Å². The van der Waals surface area contributed by atoms with Crippen LogP contribution in [0.5, 0.6) is 5.75 Å². The fourth-order valence-corrected chi connectivity index (χ4v) is 4.53. The van der Waals surface area contributed by atoms with Crippen LogP contribution in [0.1, 0.15) is 19.8 Å². The summed E-state index contributed by atoms with van der Waals surface area (Å²) in [5.41, 5.74) is 1.10. The molecule has 8 nitrogen and oxygen atoms in total. The molecular formula is C20H23N3O5S. The molecule has 0 radical (unpaired) electrons. The van der Waals surface area contributed by atoms with Crippen LogP contribution >= 0.6 is 0 Å². The molecule has 1 aliphatic heterocycles. The summed E-state index contributed by atoms with van der Waals surface area (Å²) in [6.45, 7) is 2.26. The highest BCUT2D eigenvalue weighted by Crippen LogP contribution is 2.23. The Balaban J connectivity index is 1.55. The topological polar surface area (TPSA) is 105 Å². The zero-order valence-electron chi connectivity index (χ0n) is 16.1. The minimum absolute atomic E-state index is 0.202. The molecular weight excluding hydrogens is 394 g/mol. The van der Waals surface area contributed by atoms with Crippen LogP contribution in [0, 0.1) is 0 Å². The van der Waals surface area contributed by atoms with Gasteiger partial charge in [0.15, 0.2) is 6.61 Å². The van der Waals surface area contributed by atoms with Crippen molar-refractivity contribution in [3.8, 4) is 5.75 Å². The number of anilines is 2. The van der Waals surface area contributed by atoms with E-state index in [2.05, 4.69) is 10.6 Å². The van der Waals surface area contributed by atoms with Crippen molar-refractivity contribution in [1.29, 1.82) is 0 Å². The van der Waals surface area contributed by atoms with Gasteiger partial charge in [-0.15, -0.1) is 0 Å². The van der Waals surface area contributed by atoms with E-state index in [-0.39, 0.29) is 23.3 Å². The molecule has 1 aliphatic rings. The number of nitrogens with one attached hydrogen (secondary N) is 2. The summed E-state index contributed by atoms with van der Waals surface area (Å²) in [5.74, 6) is -0.182. The predicted molar refractivity (Wildman–Crippen MR) is 109 cm³/mol. The molecule has 0 aromatic heterocycles. The third kappa shape index (κ3) is 5.55. The van der Waals surface area contributed by atoms with Crippen LogP contribution in [-0.2, 0) is 19.6 Å². The Hall–Kier alpha value is -2.91. The summed E-state index contributed by atoms with van der Waals surface area (Å²) in [6.07, 6.45) is 1.76. The average molecular weight is 417 g/mol. The molecule has 0 saturated carbocycles. The molecule has 1 saturated heterocycles. The number of sulfonamides is 1. The van der Waals surface area contributed by atoms with Crippen molar-refractivity contribution in [1.82, 2.24) is 4.31 Å². The van der Waals surface area contributed by atoms with E-state index in [0.29, 0.717) is 30.2 Å². The first kappa shape index (κ1) is 20.8. The van der Waals surface area contributed by atoms with Crippen LogP contribution in [0.4, 0.5) is 11.4 Å². The SMILES string of the molecule is CC(=O)Nc1cccc(NC(=O)COc2ccc(S(=O)(=O)N3CCCC3)cc2)c1. The van der Waals surface area contributed by atoms with E-state index in [0.717, 1.165) is 12.8 Å². The summed E-state index contributed by atoms with van der Waals surface area (Å²) in [6, 6.07) is 12.8. The molecule has 1 fully saturated rings. The quantitative estimate of drug-likeness (QED) is 0.720. The Bertz CT molecular complexity index is 983.